The Balaban J connectivity index is 0. The number of allylic oxidation sites excluding steroid dienone is 5. The molecular formula is C10H17Cl. The van der Waals surface area contributed by atoms with E-state index in [4.69, 9.17) is 11.6 Å². The molecule has 0 aromatic rings. The quantitative estimate of drug-likeness (QED) is 0.447. The minimum absolute atomic E-state index is 0.570. The Hall–Kier alpha value is -0.490. The zero-order chi connectivity index (χ0) is 9.11. The molecule has 0 aliphatic carbocycles. The zero-order valence-corrected chi connectivity index (χ0v) is 8.36. The fraction of sp³-hybridized carbons (Fsp3) is 0.400. The van der Waals surface area contributed by atoms with Crippen LogP contribution in [0.4, 0.5) is 0 Å². The van der Waals surface area contributed by atoms with Crippen molar-refractivity contribution in [1.82, 2.24) is 0 Å². The highest BCUT2D eigenvalue weighted by atomic mass is 35.5. The van der Waals surface area contributed by atoms with Crippen LogP contribution in [0.15, 0.2) is 36.5 Å². The molecule has 11 heavy (non-hydrogen) atoms. The third-order valence-corrected chi connectivity index (χ3v) is 1.28. The van der Waals surface area contributed by atoms with Crippen LogP contribution >= 0.6 is 11.6 Å². The molecular weight excluding hydrogens is 156 g/mol. The van der Waals surface area contributed by atoms with Crippen molar-refractivity contribution in [1.29, 1.82) is 0 Å². The van der Waals surface area contributed by atoms with E-state index in [1.54, 1.807) is 6.08 Å². The van der Waals surface area contributed by atoms with Crippen molar-refractivity contribution in [2.24, 2.45) is 0 Å². The number of alkyl halides is 1. The highest BCUT2D eigenvalue weighted by Gasteiger charge is 1.82. The molecule has 0 aromatic heterocycles. The maximum absolute atomic E-state index is 5.55. The zero-order valence-electron chi connectivity index (χ0n) is 7.60. The molecule has 0 aliphatic rings. The number of hydrogen-bond acceptors (Lipinski definition) is 0. The Morgan fingerprint density at radius 2 is 2.00 bits per heavy atom. The Morgan fingerprint density at radius 1 is 1.45 bits per heavy atom. The lowest BCUT2D eigenvalue weighted by atomic mass is 10.2. The van der Waals surface area contributed by atoms with Gasteiger partial charge in [-0.05, 0) is 12.5 Å². The summed E-state index contributed by atoms with van der Waals surface area (Å²) in [6.45, 7) is 9.51. The molecule has 0 aliphatic heterocycles. The van der Waals surface area contributed by atoms with Crippen LogP contribution in [0.1, 0.15) is 20.8 Å². The van der Waals surface area contributed by atoms with Gasteiger partial charge in [0.2, 0.25) is 0 Å². The summed E-state index contributed by atoms with van der Waals surface area (Å²) in [5.41, 5.74) is 1.12. The van der Waals surface area contributed by atoms with Crippen LogP contribution in [0.2, 0.25) is 0 Å². The van der Waals surface area contributed by atoms with E-state index in [1.807, 2.05) is 39.0 Å². The van der Waals surface area contributed by atoms with Crippen molar-refractivity contribution in [2.75, 3.05) is 5.88 Å². The Bertz CT molecular complexity index is 132. The SMILES string of the molecule is C=C/C=C\C(=C/C)CCl.CC. The van der Waals surface area contributed by atoms with Crippen LogP contribution in [0, 0.1) is 0 Å². The van der Waals surface area contributed by atoms with Crippen LogP contribution in [-0.4, -0.2) is 5.88 Å². The van der Waals surface area contributed by atoms with Gasteiger partial charge in [-0.3, -0.25) is 0 Å². The van der Waals surface area contributed by atoms with Crippen molar-refractivity contribution < 1.29 is 0 Å². The van der Waals surface area contributed by atoms with Gasteiger partial charge in [-0.1, -0.05) is 44.7 Å². The topological polar surface area (TPSA) is 0 Å². The molecule has 0 amide bonds. The Kier molecular flexibility index (Phi) is 14.6. The van der Waals surface area contributed by atoms with Crippen molar-refractivity contribution in [3.8, 4) is 0 Å². The number of halogens is 1. The molecule has 64 valence electrons. The Labute approximate surface area is 75.3 Å². The first-order valence-electron chi connectivity index (χ1n) is 3.85. The predicted molar refractivity (Wildman–Crippen MR) is 55.2 cm³/mol. The van der Waals surface area contributed by atoms with Crippen molar-refractivity contribution in [3.05, 3.63) is 36.5 Å². The van der Waals surface area contributed by atoms with Crippen LogP contribution in [-0.2, 0) is 0 Å². The van der Waals surface area contributed by atoms with Gasteiger partial charge in [0.25, 0.3) is 0 Å². The van der Waals surface area contributed by atoms with Gasteiger partial charge in [0.05, 0.1) is 0 Å². The summed E-state index contributed by atoms with van der Waals surface area (Å²) in [5.74, 6) is 0.570. The van der Waals surface area contributed by atoms with Gasteiger partial charge in [0, 0.05) is 5.88 Å². The lowest BCUT2D eigenvalue weighted by molar-refractivity contribution is 1.48. The van der Waals surface area contributed by atoms with Crippen LogP contribution in [0.5, 0.6) is 0 Å². The highest BCUT2D eigenvalue weighted by molar-refractivity contribution is 6.19. The largest absolute Gasteiger partial charge is 0.122 e. The highest BCUT2D eigenvalue weighted by Crippen LogP contribution is 1.98. The van der Waals surface area contributed by atoms with Gasteiger partial charge in [0.1, 0.15) is 0 Å². The molecule has 0 aromatic carbocycles. The lowest BCUT2D eigenvalue weighted by Gasteiger charge is -1.88. The molecule has 0 N–H and O–H groups in total. The summed E-state index contributed by atoms with van der Waals surface area (Å²) < 4.78 is 0. The summed E-state index contributed by atoms with van der Waals surface area (Å²) in [6, 6.07) is 0. The lowest BCUT2D eigenvalue weighted by Crippen LogP contribution is -1.75. The summed E-state index contributed by atoms with van der Waals surface area (Å²) in [6.07, 6.45) is 7.53. The predicted octanol–water partition coefficient (Wildman–Crippen LogP) is 3.94. The first kappa shape index (κ1) is 13.1. The fourth-order valence-corrected chi connectivity index (χ4v) is 0.653. The van der Waals surface area contributed by atoms with E-state index in [0.717, 1.165) is 5.57 Å². The second kappa shape index (κ2) is 12.2. The first-order valence-corrected chi connectivity index (χ1v) is 4.38. The van der Waals surface area contributed by atoms with E-state index in [2.05, 4.69) is 6.58 Å². The summed E-state index contributed by atoms with van der Waals surface area (Å²) >= 11 is 5.55. The third kappa shape index (κ3) is 9.51. The monoisotopic (exact) mass is 172 g/mol. The third-order valence-electron chi connectivity index (χ3n) is 0.971. The number of rotatable bonds is 3. The van der Waals surface area contributed by atoms with Crippen LogP contribution in [0.3, 0.4) is 0 Å². The molecule has 0 fully saturated rings. The first-order chi connectivity index (χ1) is 5.35. The second-order valence-corrected chi connectivity index (χ2v) is 1.86. The minimum Gasteiger partial charge on any atom is -0.122 e. The normalized spacial score (nSPS) is 10.7. The van der Waals surface area contributed by atoms with Crippen molar-refractivity contribution >= 4 is 11.6 Å². The van der Waals surface area contributed by atoms with E-state index >= 15 is 0 Å². The maximum atomic E-state index is 5.55. The van der Waals surface area contributed by atoms with Gasteiger partial charge in [-0.2, -0.15) is 0 Å². The van der Waals surface area contributed by atoms with Crippen molar-refractivity contribution in [2.45, 2.75) is 20.8 Å². The fourth-order valence-electron chi connectivity index (χ4n) is 0.410. The molecule has 0 bridgehead atoms. The Morgan fingerprint density at radius 3 is 2.27 bits per heavy atom. The molecule has 0 unspecified atom stereocenters. The van der Waals surface area contributed by atoms with E-state index in [0.29, 0.717) is 5.88 Å². The van der Waals surface area contributed by atoms with Gasteiger partial charge >= 0.3 is 0 Å². The average Bonchev–Trinajstić information content (AvgIpc) is 2.10. The molecule has 0 heterocycles. The summed E-state index contributed by atoms with van der Waals surface area (Å²) in [4.78, 5) is 0. The summed E-state index contributed by atoms with van der Waals surface area (Å²) in [5, 5.41) is 0. The van der Waals surface area contributed by atoms with Gasteiger partial charge in [0.15, 0.2) is 0 Å². The molecule has 0 rings (SSSR count). The standard InChI is InChI=1S/C8H11Cl.C2H6/c1-3-5-6-8(4-2)7-9;1-2/h3-6H,1,7H2,2H3;1-2H3/b6-5-,8-4+;. The van der Waals surface area contributed by atoms with E-state index in [-0.39, 0.29) is 0 Å². The van der Waals surface area contributed by atoms with E-state index in [1.165, 1.54) is 0 Å². The van der Waals surface area contributed by atoms with E-state index in [9.17, 15) is 0 Å². The minimum atomic E-state index is 0.570. The number of hydrogen-bond donors (Lipinski definition) is 0. The molecule has 0 saturated heterocycles. The molecule has 0 atom stereocenters. The van der Waals surface area contributed by atoms with E-state index < -0.39 is 0 Å². The smallest absolute Gasteiger partial charge is 0.0470 e. The van der Waals surface area contributed by atoms with Gasteiger partial charge < -0.3 is 0 Å². The summed E-state index contributed by atoms with van der Waals surface area (Å²) in [7, 11) is 0. The molecule has 0 spiro atoms. The van der Waals surface area contributed by atoms with Crippen LogP contribution in [0.25, 0.3) is 0 Å². The molecule has 0 saturated carbocycles. The molecule has 0 radical (unpaired) electrons. The molecule has 1 heteroatoms. The van der Waals surface area contributed by atoms with Crippen LogP contribution < -0.4 is 0 Å². The van der Waals surface area contributed by atoms with Gasteiger partial charge in [-0.15, -0.1) is 11.6 Å². The van der Waals surface area contributed by atoms with Gasteiger partial charge in [-0.25, -0.2) is 0 Å². The second-order valence-electron chi connectivity index (χ2n) is 1.59. The maximum Gasteiger partial charge on any atom is 0.0470 e. The molecule has 0 nitrogen and oxygen atoms in total. The average molecular weight is 173 g/mol. The van der Waals surface area contributed by atoms with Crippen molar-refractivity contribution in [3.63, 3.8) is 0 Å².